The topological polar surface area (TPSA) is 3.88 Å². The largest absolute Gasteiger partial charge is 0.281 e. The Morgan fingerprint density at radius 2 is 2.07 bits per heavy atom. The number of nitrogens with zero attached hydrogens (tertiary/aromatic N) is 1. The first-order valence-corrected chi connectivity index (χ1v) is 6.61. The maximum atomic E-state index is 2.43. The van der Waals surface area contributed by atoms with Crippen LogP contribution in [0.25, 0.3) is 20.1 Å². The molecule has 0 saturated heterocycles. The van der Waals surface area contributed by atoms with Gasteiger partial charge in [0.05, 0.1) is 0 Å². The maximum absolute atomic E-state index is 2.43. The Labute approximate surface area is 95.2 Å². The lowest BCUT2D eigenvalue weighted by atomic mass is 10.3. The summed E-state index contributed by atoms with van der Waals surface area (Å²) in [5, 5.41) is 3.62. The van der Waals surface area contributed by atoms with Crippen molar-refractivity contribution in [1.29, 1.82) is 0 Å². The van der Waals surface area contributed by atoms with E-state index >= 15 is 0 Å². The molecule has 1 aliphatic rings. The van der Waals surface area contributed by atoms with Gasteiger partial charge in [0.2, 0.25) is 5.52 Å². The summed E-state index contributed by atoms with van der Waals surface area (Å²) in [6, 6.07) is 10.9. The molecule has 2 aromatic heterocycles. The first kappa shape index (κ1) is 8.02. The van der Waals surface area contributed by atoms with Gasteiger partial charge in [-0.05, 0) is 17.5 Å². The highest BCUT2D eigenvalue weighted by Gasteiger charge is 2.32. The molecule has 0 saturated carbocycles. The number of aromatic nitrogens is 1. The summed E-state index contributed by atoms with van der Waals surface area (Å²) in [4.78, 5) is 1.47. The fourth-order valence-corrected chi connectivity index (χ4v) is 4.45. The molecule has 0 fully saturated rings. The van der Waals surface area contributed by atoms with Crippen molar-refractivity contribution in [3.63, 3.8) is 0 Å². The van der Waals surface area contributed by atoms with Crippen molar-refractivity contribution in [3.8, 4) is 9.88 Å². The monoisotopic (exact) mass is 230 g/mol. The normalized spacial score (nSPS) is 13.1. The fourth-order valence-electron chi connectivity index (χ4n) is 2.18. The fraction of sp³-hybridized carbons (Fsp3) is 0.0833. The minimum Gasteiger partial charge on any atom is -0.176 e. The highest BCUT2D eigenvalue weighted by Crippen LogP contribution is 2.38. The van der Waals surface area contributed by atoms with Crippen LogP contribution >= 0.6 is 22.7 Å². The van der Waals surface area contributed by atoms with Crippen molar-refractivity contribution < 1.29 is 4.57 Å². The molecule has 0 amide bonds. The highest BCUT2D eigenvalue weighted by molar-refractivity contribution is 7.24. The SMILES string of the molecule is c1ccc2c(c1)sc1[n+]2Cc2ccsc2-1. The smallest absolute Gasteiger partial charge is 0.176 e. The Morgan fingerprint density at radius 1 is 1.13 bits per heavy atom. The molecule has 0 N–H and O–H groups in total. The van der Waals surface area contributed by atoms with Gasteiger partial charge in [0, 0.05) is 11.6 Å². The average Bonchev–Trinajstić information content (AvgIpc) is 2.87. The van der Waals surface area contributed by atoms with Crippen LogP contribution in [0.2, 0.25) is 0 Å². The molecule has 1 aromatic carbocycles. The standard InChI is InChI=1S/C12H8NS2/c1-2-4-10-9(3-1)13-7-8-5-6-14-11(8)12(13)15-10/h1-6H,7H2/q+1. The van der Waals surface area contributed by atoms with E-state index in [-0.39, 0.29) is 0 Å². The summed E-state index contributed by atoms with van der Waals surface area (Å²) in [6.07, 6.45) is 0. The second kappa shape index (κ2) is 2.68. The van der Waals surface area contributed by atoms with Crippen LogP contribution in [-0.2, 0) is 6.54 Å². The zero-order chi connectivity index (χ0) is 9.83. The predicted molar refractivity (Wildman–Crippen MR) is 64.4 cm³/mol. The van der Waals surface area contributed by atoms with E-state index in [9.17, 15) is 0 Å². The van der Waals surface area contributed by atoms with Gasteiger partial charge in [-0.25, -0.2) is 0 Å². The zero-order valence-corrected chi connectivity index (χ0v) is 9.57. The molecular formula is C12H8NS2+. The number of rotatable bonds is 0. The number of hydrogen-bond donors (Lipinski definition) is 0. The van der Waals surface area contributed by atoms with E-state index in [2.05, 4.69) is 40.3 Å². The lowest BCUT2D eigenvalue weighted by Crippen LogP contribution is -2.30. The molecule has 0 atom stereocenters. The molecule has 4 rings (SSSR count). The van der Waals surface area contributed by atoms with Crippen molar-refractivity contribution >= 4 is 32.9 Å². The number of thiazole rings is 1. The Kier molecular flexibility index (Phi) is 1.43. The first-order chi connectivity index (χ1) is 7.43. The van der Waals surface area contributed by atoms with Gasteiger partial charge in [-0.3, -0.25) is 0 Å². The van der Waals surface area contributed by atoms with Crippen molar-refractivity contribution in [1.82, 2.24) is 0 Å². The first-order valence-electron chi connectivity index (χ1n) is 4.91. The Hall–Kier alpha value is -1.19. The van der Waals surface area contributed by atoms with Crippen LogP contribution in [0.5, 0.6) is 0 Å². The van der Waals surface area contributed by atoms with Gasteiger partial charge in [-0.15, -0.1) is 11.3 Å². The van der Waals surface area contributed by atoms with E-state index in [1.54, 1.807) is 0 Å². The van der Waals surface area contributed by atoms with Gasteiger partial charge >= 0.3 is 0 Å². The van der Waals surface area contributed by atoms with Crippen LogP contribution < -0.4 is 4.57 Å². The van der Waals surface area contributed by atoms with Gasteiger partial charge in [0.1, 0.15) is 9.58 Å². The molecule has 0 unspecified atom stereocenters. The molecule has 15 heavy (non-hydrogen) atoms. The third-order valence-corrected chi connectivity index (χ3v) is 5.15. The van der Waals surface area contributed by atoms with E-state index in [1.807, 2.05) is 22.7 Å². The van der Waals surface area contributed by atoms with Crippen LogP contribution in [-0.4, -0.2) is 0 Å². The Morgan fingerprint density at radius 3 is 3.07 bits per heavy atom. The van der Waals surface area contributed by atoms with Gasteiger partial charge in [-0.1, -0.05) is 23.5 Å². The van der Waals surface area contributed by atoms with E-state index in [1.165, 1.54) is 25.7 Å². The lowest BCUT2D eigenvalue weighted by molar-refractivity contribution is -0.641. The summed E-state index contributed by atoms with van der Waals surface area (Å²) >= 11 is 3.77. The average molecular weight is 230 g/mol. The van der Waals surface area contributed by atoms with Crippen molar-refractivity contribution in [3.05, 3.63) is 41.3 Å². The number of hydrogen-bond acceptors (Lipinski definition) is 2. The second-order valence-electron chi connectivity index (χ2n) is 3.74. The third-order valence-electron chi connectivity index (χ3n) is 2.88. The van der Waals surface area contributed by atoms with Crippen molar-refractivity contribution in [2.45, 2.75) is 6.54 Å². The van der Waals surface area contributed by atoms with E-state index in [0.29, 0.717) is 0 Å². The minimum absolute atomic E-state index is 1.05. The maximum Gasteiger partial charge on any atom is 0.281 e. The van der Waals surface area contributed by atoms with Gasteiger partial charge in [0.15, 0.2) is 6.54 Å². The summed E-state index contributed by atoms with van der Waals surface area (Å²) in [5.74, 6) is 0. The molecule has 3 heteroatoms. The van der Waals surface area contributed by atoms with Crippen molar-refractivity contribution in [2.75, 3.05) is 0 Å². The second-order valence-corrected chi connectivity index (χ2v) is 5.68. The Bertz CT molecular complexity index is 663. The summed E-state index contributed by atoms with van der Waals surface area (Å²) in [5.41, 5.74) is 2.86. The highest BCUT2D eigenvalue weighted by atomic mass is 32.1. The van der Waals surface area contributed by atoms with Crippen LogP contribution in [0.3, 0.4) is 0 Å². The number of para-hydroxylation sites is 1. The lowest BCUT2D eigenvalue weighted by Gasteiger charge is -1.86. The van der Waals surface area contributed by atoms with Crippen molar-refractivity contribution in [2.24, 2.45) is 0 Å². The Balaban J connectivity index is 2.15. The van der Waals surface area contributed by atoms with E-state index < -0.39 is 0 Å². The van der Waals surface area contributed by atoms with Crippen LogP contribution in [0.4, 0.5) is 0 Å². The molecule has 3 heterocycles. The number of thiophene rings is 1. The molecular weight excluding hydrogens is 222 g/mol. The third kappa shape index (κ3) is 0.945. The zero-order valence-electron chi connectivity index (χ0n) is 7.93. The number of fused-ring (bicyclic) bond motifs is 5. The summed E-state index contributed by atoms with van der Waals surface area (Å²) in [7, 11) is 0. The molecule has 0 radical (unpaired) electrons. The molecule has 3 aromatic rings. The van der Waals surface area contributed by atoms with Gasteiger partial charge < -0.3 is 0 Å². The molecule has 1 nitrogen and oxygen atoms in total. The molecule has 0 spiro atoms. The van der Waals surface area contributed by atoms with Crippen LogP contribution in [0.1, 0.15) is 5.56 Å². The summed E-state index contributed by atoms with van der Waals surface area (Å²) < 4.78 is 3.83. The molecule has 0 bridgehead atoms. The predicted octanol–water partition coefficient (Wildman–Crippen LogP) is 3.28. The number of benzene rings is 1. The molecule has 1 aliphatic heterocycles. The minimum atomic E-state index is 1.05. The molecule has 0 aliphatic carbocycles. The van der Waals surface area contributed by atoms with E-state index in [0.717, 1.165) is 6.54 Å². The molecule has 72 valence electrons. The summed E-state index contributed by atoms with van der Waals surface area (Å²) in [6.45, 7) is 1.05. The van der Waals surface area contributed by atoms with Crippen LogP contribution in [0, 0.1) is 0 Å². The van der Waals surface area contributed by atoms with Crippen LogP contribution in [0.15, 0.2) is 35.7 Å². The van der Waals surface area contributed by atoms with Gasteiger partial charge in [-0.2, -0.15) is 4.57 Å². The van der Waals surface area contributed by atoms with Gasteiger partial charge in [0.25, 0.3) is 5.01 Å². The van der Waals surface area contributed by atoms with E-state index in [4.69, 9.17) is 0 Å². The quantitative estimate of drug-likeness (QED) is 0.408.